The Bertz CT molecular complexity index is 425. The number of hydrogen-bond acceptors (Lipinski definition) is 4. The fourth-order valence-electron chi connectivity index (χ4n) is 1.89. The van der Waals surface area contributed by atoms with Gasteiger partial charge in [0.15, 0.2) is 5.82 Å². The summed E-state index contributed by atoms with van der Waals surface area (Å²) in [5, 5.41) is 3.32. The van der Waals surface area contributed by atoms with Gasteiger partial charge in [-0.15, -0.1) is 0 Å². The highest BCUT2D eigenvalue weighted by molar-refractivity contribution is 14.1. The number of aryl methyl sites for hydroxylation is 1. The normalized spacial score (nSPS) is 14.2. The van der Waals surface area contributed by atoms with Gasteiger partial charge in [0, 0.05) is 13.2 Å². The van der Waals surface area contributed by atoms with Crippen LogP contribution < -0.4 is 5.32 Å². The third-order valence-electron chi connectivity index (χ3n) is 3.21. The molecule has 1 N–H and O–H groups in total. The fourth-order valence-corrected chi connectivity index (χ4v) is 2.71. The largest absolute Gasteiger partial charge is 0.369 e. The SMILES string of the molecule is CCNc1nc(C(C)(CC)OCC)nc(CC)c1I. The van der Waals surface area contributed by atoms with Crippen LogP contribution in [0, 0.1) is 3.57 Å². The average Bonchev–Trinajstić information content (AvgIpc) is 2.41. The van der Waals surface area contributed by atoms with E-state index >= 15 is 0 Å². The number of nitrogens with one attached hydrogen (secondary N) is 1. The number of halogens is 1. The summed E-state index contributed by atoms with van der Waals surface area (Å²) in [4.78, 5) is 9.39. The highest BCUT2D eigenvalue weighted by Gasteiger charge is 2.30. The van der Waals surface area contributed by atoms with Gasteiger partial charge in [0.2, 0.25) is 0 Å². The molecule has 0 saturated heterocycles. The van der Waals surface area contributed by atoms with E-state index in [1.54, 1.807) is 0 Å². The smallest absolute Gasteiger partial charge is 0.162 e. The van der Waals surface area contributed by atoms with Crippen LogP contribution in [0.3, 0.4) is 0 Å². The number of hydrogen-bond donors (Lipinski definition) is 1. The fraction of sp³-hybridized carbons (Fsp3) is 0.714. The van der Waals surface area contributed by atoms with Gasteiger partial charge < -0.3 is 10.1 Å². The molecular weight excluding hydrogens is 353 g/mol. The van der Waals surface area contributed by atoms with E-state index < -0.39 is 5.60 Å². The molecule has 1 rings (SSSR count). The molecule has 1 heterocycles. The first kappa shape index (κ1) is 16.6. The third kappa shape index (κ3) is 3.78. The van der Waals surface area contributed by atoms with Crippen LogP contribution in [0.25, 0.3) is 0 Å². The van der Waals surface area contributed by atoms with Crippen molar-refractivity contribution in [3.63, 3.8) is 0 Å². The Hall–Kier alpha value is -0.430. The molecule has 0 aromatic carbocycles. The van der Waals surface area contributed by atoms with Gasteiger partial charge in [-0.2, -0.15) is 0 Å². The van der Waals surface area contributed by atoms with Crippen molar-refractivity contribution < 1.29 is 4.74 Å². The predicted molar refractivity (Wildman–Crippen MR) is 87.6 cm³/mol. The van der Waals surface area contributed by atoms with Crippen LogP contribution in [0.15, 0.2) is 0 Å². The lowest BCUT2D eigenvalue weighted by molar-refractivity contribution is -0.0391. The summed E-state index contributed by atoms with van der Waals surface area (Å²) in [6.45, 7) is 11.9. The number of nitrogens with zero attached hydrogens (tertiary/aromatic N) is 2. The van der Waals surface area contributed by atoms with Gasteiger partial charge in [0.1, 0.15) is 11.4 Å². The summed E-state index contributed by atoms with van der Waals surface area (Å²) < 4.78 is 6.99. The lowest BCUT2D eigenvalue weighted by Gasteiger charge is -2.27. The van der Waals surface area contributed by atoms with Crippen molar-refractivity contribution in [1.29, 1.82) is 0 Å². The second kappa shape index (κ2) is 7.38. The molecule has 0 saturated carbocycles. The Morgan fingerprint density at radius 2 is 1.89 bits per heavy atom. The molecule has 1 atom stereocenters. The van der Waals surface area contributed by atoms with E-state index in [1.165, 1.54) is 0 Å². The van der Waals surface area contributed by atoms with E-state index in [9.17, 15) is 0 Å². The lowest BCUT2D eigenvalue weighted by atomic mass is 10.0. The van der Waals surface area contributed by atoms with Crippen LogP contribution >= 0.6 is 22.6 Å². The van der Waals surface area contributed by atoms with E-state index in [0.29, 0.717) is 6.61 Å². The van der Waals surface area contributed by atoms with Gasteiger partial charge in [0.05, 0.1) is 9.26 Å². The monoisotopic (exact) mass is 377 g/mol. The van der Waals surface area contributed by atoms with Gasteiger partial charge in [-0.25, -0.2) is 9.97 Å². The van der Waals surface area contributed by atoms with Gasteiger partial charge >= 0.3 is 0 Å². The maximum absolute atomic E-state index is 5.88. The van der Waals surface area contributed by atoms with Crippen LogP contribution in [0.5, 0.6) is 0 Å². The van der Waals surface area contributed by atoms with Crippen molar-refractivity contribution >= 4 is 28.4 Å². The number of anilines is 1. The van der Waals surface area contributed by atoms with E-state index in [2.05, 4.69) is 60.6 Å². The van der Waals surface area contributed by atoms with Crippen molar-refractivity contribution in [3.8, 4) is 0 Å². The van der Waals surface area contributed by atoms with Crippen LogP contribution in [0.4, 0.5) is 5.82 Å². The maximum atomic E-state index is 5.88. The molecule has 1 aromatic heterocycles. The highest BCUT2D eigenvalue weighted by Crippen LogP contribution is 2.29. The van der Waals surface area contributed by atoms with E-state index in [0.717, 1.165) is 40.3 Å². The summed E-state index contributed by atoms with van der Waals surface area (Å²) in [7, 11) is 0. The summed E-state index contributed by atoms with van der Waals surface area (Å²) in [6.07, 6.45) is 1.76. The Morgan fingerprint density at radius 3 is 2.37 bits per heavy atom. The zero-order chi connectivity index (χ0) is 14.5. The van der Waals surface area contributed by atoms with E-state index in [-0.39, 0.29) is 0 Å². The molecule has 19 heavy (non-hydrogen) atoms. The first-order valence-electron chi connectivity index (χ1n) is 6.97. The highest BCUT2D eigenvalue weighted by atomic mass is 127. The maximum Gasteiger partial charge on any atom is 0.162 e. The average molecular weight is 377 g/mol. The number of rotatable bonds is 7. The molecule has 0 aliphatic carbocycles. The minimum atomic E-state index is -0.410. The minimum absolute atomic E-state index is 0.410. The van der Waals surface area contributed by atoms with E-state index in [1.807, 2.05) is 6.92 Å². The molecule has 1 aromatic rings. The standard InChI is InChI=1S/C14H24IN3O/c1-6-10-11(15)12(16-8-3)18-13(17-10)14(5,7-2)19-9-4/h6-9H2,1-5H3,(H,16,17,18). The summed E-state index contributed by atoms with van der Waals surface area (Å²) in [5.74, 6) is 1.70. The first-order chi connectivity index (χ1) is 9.02. The Morgan fingerprint density at radius 1 is 1.21 bits per heavy atom. The van der Waals surface area contributed by atoms with Crippen molar-refractivity contribution in [2.24, 2.45) is 0 Å². The first-order valence-corrected chi connectivity index (χ1v) is 8.04. The zero-order valence-corrected chi connectivity index (χ0v) is 14.7. The second-order valence-electron chi connectivity index (χ2n) is 4.56. The molecule has 0 amide bonds. The molecule has 0 fully saturated rings. The molecule has 1 unspecified atom stereocenters. The molecule has 0 bridgehead atoms. The van der Waals surface area contributed by atoms with Gasteiger partial charge in [-0.05, 0) is 56.2 Å². The van der Waals surface area contributed by atoms with Gasteiger partial charge in [-0.3, -0.25) is 0 Å². The van der Waals surface area contributed by atoms with Crippen molar-refractivity contribution in [3.05, 3.63) is 15.1 Å². The molecule has 0 spiro atoms. The number of ether oxygens (including phenoxy) is 1. The summed E-state index contributed by atoms with van der Waals surface area (Å²) in [6, 6.07) is 0. The van der Waals surface area contributed by atoms with Crippen LogP contribution in [0.1, 0.15) is 52.6 Å². The second-order valence-corrected chi connectivity index (χ2v) is 5.64. The molecule has 0 aliphatic rings. The summed E-state index contributed by atoms with van der Waals surface area (Å²) in [5.41, 5.74) is 0.675. The Labute approximate surface area is 129 Å². The molecular formula is C14H24IN3O. The zero-order valence-electron chi connectivity index (χ0n) is 12.5. The van der Waals surface area contributed by atoms with Gasteiger partial charge in [-0.1, -0.05) is 13.8 Å². The third-order valence-corrected chi connectivity index (χ3v) is 4.34. The lowest BCUT2D eigenvalue weighted by Crippen LogP contribution is -2.29. The Kier molecular flexibility index (Phi) is 6.46. The van der Waals surface area contributed by atoms with E-state index in [4.69, 9.17) is 9.72 Å². The minimum Gasteiger partial charge on any atom is -0.369 e. The van der Waals surface area contributed by atoms with Crippen LogP contribution in [0.2, 0.25) is 0 Å². The molecule has 0 aliphatic heterocycles. The van der Waals surface area contributed by atoms with Crippen molar-refractivity contribution in [2.75, 3.05) is 18.5 Å². The predicted octanol–water partition coefficient (Wildman–Crippen LogP) is 3.74. The Balaban J connectivity index is 3.30. The molecule has 4 nitrogen and oxygen atoms in total. The summed E-state index contributed by atoms with van der Waals surface area (Å²) >= 11 is 2.31. The van der Waals surface area contributed by atoms with Crippen molar-refractivity contribution in [2.45, 2.75) is 53.1 Å². The molecule has 5 heteroatoms. The van der Waals surface area contributed by atoms with Crippen molar-refractivity contribution in [1.82, 2.24) is 9.97 Å². The van der Waals surface area contributed by atoms with Gasteiger partial charge in [0.25, 0.3) is 0 Å². The van der Waals surface area contributed by atoms with Crippen LogP contribution in [-0.4, -0.2) is 23.1 Å². The number of aromatic nitrogens is 2. The van der Waals surface area contributed by atoms with Crippen LogP contribution in [-0.2, 0) is 16.8 Å². The molecule has 108 valence electrons. The molecule has 0 radical (unpaired) electrons. The topological polar surface area (TPSA) is 47.0 Å². The quantitative estimate of drug-likeness (QED) is 0.736.